The Morgan fingerprint density at radius 1 is 1.17 bits per heavy atom. The lowest BCUT2D eigenvalue weighted by Crippen LogP contribution is -2.47. The fraction of sp³-hybridized carbons (Fsp3) is 0.538. The van der Waals surface area contributed by atoms with Gasteiger partial charge in [-0.2, -0.15) is 0 Å². The summed E-state index contributed by atoms with van der Waals surface area (Å²) >= 11 is 0. The molecule has 0 amide bonds. The van der Waals surface area contributed by atoms with Gasteiger partial charge < -0.3 is 10.6 Å². The van der Waals surface area contributed by atoms with Crippen LogP contribution in [0.3, 0.4) is 0 Å². The van der Waals surface area contributed by atoms with Crippen molar-refractivity contribution in [2.75, 3.05) is 39.4 Å². The summed E-state index contributed by atoms with van der Waals surface area (Å²) in [5, 5.41) is 6.62. The highest BCUT2D eigenvalue weighted by atomic mass is 19.2. The molecule has 1 fully saturated rings. The fourth-order valence-electron chi connectivity index (χ4n) is 2.03. The van der Waals surface area contributed by atoms with E-state index in [1.807, 2.05) is 0 Å². The molecule has 1 heterocycles. The van der Waals surface area contributed by atoms with E-state index in [0.29, 0.717) is 6.42 Å². The van der Waals surface area contributed by atoms with Crippen LogP contribution in [0, 0.1) is 11.6 Å². The van der Waals surface area contributed by atoms with Crippen molar-refractivity contribution in [1.29, 1.82) is 0 Å². The molecule has 18 heavy (non-hydrogen) atoms. The molecule has 2 rings (SSSR count). The molecule has 0 atom stereocenters. The topological polar surface area (TPSA) is 27.3 Å². The molecule has 2 N–H and O–H groups in total. The molecule has 3 nitrogen and oxygen atoms in total. The van der Waals surface area contributed by atoms with E-state index in [9.17, 15) is 8.78 Å². The molecule has 5 heteroatoms. The fourth-order valence-corrected chi connectivity index (χ4v) is 2.03. The van der Waals surface area contributed by atoms with Gasteiger partial charge in [0.15, 0.2) is 11.6 Å². The van der Waals surface area contributed by atoms with Crippen molar-refractivity contribution < 1.29 is 8.78 Å². The van der Waals surface area contributed by atoms with E-state index >= 15 is 0 Å². The number of rotatable bonds is 5. The van der Waals surface area contributed by atoms with Crippen LogP contribution in [0.5, 0.6) is 0 Å². The van der Waals surface area contributed by atoms with Crippen LogP contribution >= 0.6 is 0 Å². The Labute approximate surface area is 106 Å². The molecule has 0 saturated carbocycles. The Kier molecular flexibility index (Phi) is 5.04. The maximum atomic E-state index is 13.0. The number of piperazine rings is 1. The predicted octanol–water partition coefficient (Wildman–Crippen LogP) is 0.960. The highest BCUT2D eigenvalue weighted by molar-refractivity contribution is 5.17. The Morgan fingerprint density at radius 2 is 1.94 bits per heavy atom. The summed E-state index contributed by atoms with van der Waals surface area (Å²) in [5.74, 6) is -1.55. The van der Waals surface area contributed by atoms with Crippen molar-refractivity contribution in [3.63, 3.8) is 0 Å². The van der Waals surface area contributed by atoms with Gasteiger partial charge in [-0.05, 0) is 24.1 Å². The average molecular weight is 255 g/mol. The molecule has 0 aromatic heterocycles. The first-order valence-electron chi connectivity index (χ1n) is 6.33. The molecule has 0 unspecified atom stereocenters. The minimum atomic E-state index is -0.785. The van der Waals surface area contributed by atoms with Crippen LogP contribution in [0.25, 0.3) is 0 Å². The number of halogens is 2. The molecule has 0 spiro atoms. The Hall–Kier alpha value is -1.04. The van der Waals surface area contributed by atoms with Crippen molar-refractivity contribution in [3.05, 3.63) is 35.4 Å². The normalized spacial score (nSPS) is 17.0. The second-order valence-corrected chi connectivity index (χ2v) is 4.52. The number of hydrogen-bond acceptors (Lipinski definition) is 3. The van der Waals surface area contributed by atoms with Crippen LogP contribution in [-0.2, 0) is 6.42 Å². The third-order valence-electron chi connectivity index (χ3n) is 3.12. The summed E-state index contributed by atoms with van der Waals surface area (Å²) in [7, 11) is 0. The average Bonchev–Trinajstić information content (AvgIpc) is 2.40. The Bertz CT molecular complexity index is 378. The predicted molar refractivity (Wildman–Crippen MR) is 67.4 cm³/mol. The third kappa shape index (κ3) is 4.01. The molecule has 0 radical (unpaired) electrons. The van der Waals surface area contributed by atoms with Gasteiger partial charge in [-0.25, -0.2) is 8.78 Å². The van der Waals surface area contributed by atoms with Crippen LogP contribution in [0.1, 0.15) is 5.56 Å². The zero-order valence-electron chi connectivity index (χ0n) is 10.4. The Morgan fingerprint density at radius 3 is 2.67 bits per heavy atom. The van der Waals surface area contributed by atoms with Crippen LogP contribution in [0.4, 0.5) is 8.78 Å². The zero-order chi connectivity index (χ0) is 12.8. The van der Waals surface area contributed by atoms with Gasteiger partial charge in [-0.15, -0.1) is 0 Å². The lowest BCUT2D eigenvalue weighted by molar-refractivity contribution is 0.224. The maximum absolute atomic E-state index is 13.0. The van der Waals surface area contributed by atoms with Crippen LogP contribution < -0.4 is 10.6 Å². The SMILES string of the molecule is Fc1ccc(CCNCN2CCNCC2)cc1F. The first-order chi connectivity index (χ1) is 8.75. The lowest BCUT2D eigenvalue weighted by atomic mass is 10.1. The van der Waals surface area contributed by atoms with Crippen molar-refractivity contribution in [2.24, 2.45) is 0 Å². The number of nitrogens with one attached hydrogen (secondary N) is 2. The van der Waals surface area contributed by atoms with Gasteiger partial charge in [0, 0.05) is 39.4 Å². The second-order valence-electron chi connectivity index (χ2n) is 4.52. The monoisotopic (exact) mass is 255 g/mol. The lowest BCUT2D eigenvalue weighted by Gasteiger charge is -2.27. The van der Waals surface area contributed by atoms with Gasteiger partial charge >= 0.3 is 0 Å². The smallest absolute Gasteiger partial charge is 0.159 e. The van der Waals surface area contributed by atoms with Crippen LogP contribution in [0.2, 0.25) is 0 Å². The summed E-state index contributed by atoms with van der Waals surface area (Å²) < 4.78 is 25.7. The number of benzene rings is 1. The third-order valence-corrected chi connectivity index (χ3v) is 3.12. The highest BCUT2D eigenvalue weighted by Gasteiger charge is 2.08. The molecule has 1 aliphatic rings. The molecule has 0 bridgehead atoms. The molecule has 1 aromatic rings. The summed E-state index contributed by atoms with van der Waals surface area (Å²) in [6.07, 6.45) is 0.712. The van der Waals surface area contributed by atoms with Gasteiger partial charge in [-0.3, -0.25) is 4.90 Å². The van der Waals surface area contributed by atoms with Gasteiger partial charge in [0.25, 0.3) is 0 Å². The van der Waals surface area contributed by atoms with Gasteiger partial charge in [0.2, 0.25) is 0 Å². The molecular formula is C13H19F2N3. The highest BCUT2D eigenvalue weighted by Crippen LogP contribution is 2.08. The van der Waals surface area contributed by atoms with E-state index in [4.69, 9.17) is 0 Å². The van der Waals surface area contributed by atoms with Gasteiger partial charge in [-0.1, -0.05) is 6.07 Å². The molecule has 100 valence electrons. The van der Waals surface area contributed by atoms with E-state index in [1.54, 1.807) is 6.07 Å². The van der Waals surface area contributed by atoms with Crippen molar-refractivity contribution in [1.82, 2.24) is 15.5 Å². The van der Waals surface area contributed by atoms with E-state index in [0.717, 1.165) is 45.0 Å². The molecular weight excluding hydrogens is 236 g/mol. The summed E-state index contributed by atoms with van der Waals surface area (Å²) in [6, 6.07) is 4.08. The van der Waals surface area contributed by atoms with Gasteiger partial charge in [0.1, 0.15) is 0 Å². The molecule has 1 aliphatic heterocycles. The van der Waals surface area contributed by atoms with Crippen LogP contribution in [-0.4, -0.2) is 44.3 Å². The quantitative estimate of drug-likeness (QED) is 0.767. The largest absolute Gasteiger partial charge is 0.314 e. The minimum absolute atomic E-state index is 0.712. The van der Waals surface area contributed by atoms with Gasteiger partial charge in [0.05, 0.1) is 0 Å². The molecule has 1 saturated heterocycles. The van der Waals surface area contributed by atoms with E-state index < -0.39 is 11.6 Å². The Balaban J connectivity index is 1.66. The minimum Gasteiger partial charge on any atom is -0.314 e. The van der Waals surface area contributed by atoms with Crippen molar-refractivity contribution in [2.45, 2.75) is 6.42 Å². The van der Waals surface area contributed by atoms with E-state index in [2.05, 4.69) is 15.5 Å². The van der Waals surface area contributed by atoms with E-state index in [1.165, 1.54) is 12.1 Å². The van der Waals surface area contributed by atoms with Crippen LogP contribution in [0.15, 0.2) is 18.2 Å². The number of hydrogen-bond donors (Lipinski definition) is 2. The molecule has 1 aromatic carbocycles. The number of nitrogens with zero attached hydrogens (tertiary/aromatic N) is 1. The first kappa shape index (κ1) is 13.4. The van der Waals surface area contributed by atoms with Crippen molar-refractivity contribution >= 4 is 0 Å². The zero-order valence-corrected chi connectivity index (χ0v) is 10.4. The summed E-state index contributed by atoms with van der Waals surface area (Å²) in [4.78, 5) is 2.34. The van der Waals surface area contributed by atoms with E-state index in [-0.39, 0.29) is 0 Å². The summed E-state index contributed by atoms with van der Waals surface area (Å²) in [6.45, 7) is 5.80. The standard InChI is InChI=1S/C13H19F2N3/c14-12-2-1-11(9-13(12)15)3-4-17-10-18-7-5-16-6-8-18/h1-2,9,16-17H,3-8,10H2. The maximum Gasteiger partial charge on any atom is 0.159 e. The second kappa shape index (κ2) is 6.78. The molecule has 0 aliphatic carbocycles. The first-order valence-corrected chi connectivity index (χ1v) is 6.33. The van der Waals surface area contributed by atoms with Crippen molar-refractivity contribution in [3.8, 4) is 0 Å². The summed E-state index contributed by atoms with van der Waals surface area (Å²) in [5.41, 5.74) is 0.821.